The highest BCUT2D eigenvalue weighted by Crippen LogP contribution is 2.31. The largest absolute Gasteiger partial charge is 0.419 e. The number of aromatic nitrogens is 2. The van der Waals surface area contributed by atoms with Gasteiger partial charge in [-0.3, -0.25) is 4.90 Å². The topological polar surface area (TPSA) is 62.4 Å². The minimum absolute atomic E-state index is 0.266. The van der Waals surface area contributed by atoms with Crippen LogP contribution in [0.1, 0.15) is 31.6 Å². The molecule has 0 aromatic carbocycles. The predicted octanol–water partition coefficient (Wildman–Crippen LogP) is 3.30. The normalized spacial score (nSPS) is 19.4. The molecule has 0 aliphatic carbocycles. The van der Waals surface area contributed by atoms with Crippen molar-refractivity contribution in [3.8, 4) is 10.8 Å². The number of halogens is 1. The van der Waals surface area contributed by atoms with E-state index in [0.29, 0.717) is 24.4 Å². The monoisotopic (exact) mass is 371 g/mol. The maximum absolute atomic E-state index is 8.97. The average molecular weight is 372 g/mol. The van der Waals surface area contributed by atoms with Gasteiger partial charge in [-0.15, -0.1) is 21.5 Å². The van der Waals surface area contributed by atoms with Gasteiger partial charge >= 0.3 is 0 Å². The summed E-state index contributed by atoms with van der Waals surface area (Å²) in [6, 6.07) is 4.49. The highest BCUT2D eigenvalue weighted by atomic mass is 79.9. The molecule has 114 valence electrons. The first-order valence-electron chi connectivity index (χ1n) is 7.19. The molecule has 3 heterocycles. The van der Waals surface area contributed by atoms with E-state index in [2.05, 4.69) is 31.0 Å². The Morgan fingerprint density at radius 3 is 3.10 bits per heavy atom. The van der Waals surface area contributed by atoms with Gasteiger partial charge in [-0.1, -0.05) is 0 Å². The van der Waals surface area contributed by atoms with Crippen molar-refractivity contribution >= 4 is 27.3 Å². The summed E-state index contributed by atoms with van der Waals surface area (Å²) in [5.41, 5.74) is 0. The van der Waals surface area contributed by atoms with Crippen LogP contribution in [0.5, 0.6) is 0 Å². The fourth-order valence-corrected chi connectivity index (χ4v) is 4.08. The standard InChI is InChI=1S/C14H18BrN3O2S/c15-12-6-5-11(21-12)14-17-16-13(20-14)9-18-7-1-3-10(18)4-2-8-19/h5-6,10,19H,1-4,7-9H2. The number of thiophene rings is 1. The Morgan fingerprint density at radius 1 is 1.43 bits per heavy atom. The van der Waals surface area contributed by atoms with E-state index in [4.69, 9.17) is 9.52 Å². The SMILES string of the molecule is OCCCC1CCCN1Cc1nnc(-c2ccc(Br)s2)o1. The highest BCUT2D eigenvalue weighted by molar-refractivity contribution is 9.11. The molecule has 2 aromatic heterocycles. The van der Waals surface area contributed by atoms with Gasteiger partial charge in [0.1, 0.15) is 0 Å². The molecule has 1 aliphatic rings. The van der Waals surface area contributed by atoms with Gasteiger partial charge in [0.05, 0.1) is 15.2 Å². The van der Waals surface area contributed by atoms with E-state index in [1.165, 1.54) is 12.8 Å². The number of aliphatic hydroxyl groups is 1. The van der Waals surface area contributed by atoms with Crippen molar-refractivity contribution in [2.45, 2.75) is 38.3 Å². The molecular weight excluding hydrogens is 354 g/mol. The summed E-state index contributed by atoms with van der Waals surface area (Å²) < 4.78 is 6.83. The van der Waals surface area contributed by atoms with E-state index in [1.807, 2.05) is 12.1 Å². The summed E-state index contributed by atoms with van der Waals surface area (Å²) in [4.78, 5) is 3.37. The Hall–Kier alpha value is -0.760. The van der Waals surface area contributed by atoms with Gasteiger partial charge in [-0.2, -0.15) is 0 Å². The zero-order valence-corrected chi connectivity index (χ0v) is 14.1. The van der Waals surface area contributed by atoms with Crippen molar-refractivity contribution < 1.29 is 9.52 Å². The van der Waals surface area contributed by atoms with Crippen molar-refractivity contribution in [3.05, 3.63) is 21.8 Å². The molecule has 1 saturated heterocycles. The molecular formula is C14H18BrN3O2S. The van der Waals surface area contributed by atoms with Crippen LogP contribution < -0.4 is 0 Å². The maximum Gasteiger partial charge on any atom is 0.257 e. The van der Waals surface area contributed by atoms with Crippen molar-refractivity contribution in [1.82, 2.24) is 15.1 Å². The zero-order chi connectivity index (χ0) is 14.7. The van der Waals surface area contributed by atoms with Gasteiger partial charge in [0.15, 0.2) is 0 Å². The van der Waals surface area contributed by atoms with Crippen LogP contribution in [-0.4, -0.2) is 39.4 Å². The number of hydrogen-bond acceptors (Lipinski definition) is 6. The molecule has 0 amide bonds. The second-order valence-corrected chi connectivity index (χ2v) is 7.70. The van der Waals surface area contributed by atoms with Crippen LogP contribution in [0.2, 0.25) is 0 Å². The zero-order valence-electron chi connectivity index (χ0n) is 11.7. The smallest absolute Gasteiger partial charge is 0.257 e. The van der Waals surface area contributed by atoms with Crippen LogP contribution >= 0.6 is 27.3 Å². The fourth-order valence-electron chi connectivity index (χ4n) is 2.78. The number of rotatable bonds is 6. The Kier molecular flexibility index (Phi) is 5.05. The third kappa shape index (κ3) is 3.71. The van der Waals surface area contributed by atoms with Gasteiger partial charge in [-0.25, -0.2) is 0 Å². The summed E-state index contributed by atoms with van der Waals surface area (Å²) in [6.45, 7) is 2.04. The van der Waals surface area contributed by atoms with E-state index in [0.717, 1.165) is 28.0 Å². The maximum atomic E-state index is 8.97. The molecule has 2 aromatic rings. The number of likely N-dealkylation sites (tertiary alicyclic amines) is 1. The predicted molar refractivity (Wildman–Crippen MR) is 85.1 cm³/mol. The second-order valence-electron chi connectivity index (χ2n) is 5.24. The van der Waals surface area contributed by atoms with Crippen LogP contribution in [0.4, 0.5) is 0 Å². The van der Waals surface area contributed by atoms with E-state index < -0.39 is 0 Å². The molecule has 0 radical (unpaired) electrons. The number of hydrogen-bond donors (Lipinski definition) is 1. The Labute approximate surface area is 136 Å². The minimum Gasteiger partial charge on any atom is -0.419 e. The summed E-state index contributed by atoms with van der Waals surface area (Å²) >= 11 is 5.03. The van der Waals surface area contributed by atoms with E-state index in [1.54, 1.807) is 11.3 Å². The van der Waals surface area contributed by atoms with Crippen LogP contribution in [0.25, 0.3) is 10.8 Å². The first kappa shape index (κ1) is 15.1. The third-order valence-corrected chi connectivity index (χ3v) is 5.40. The van der Waals surface area contributed by atoms with Crippen LogP contribution in [-0.2, 0) is 6.54 Å². The molecule has 21 heavy (non-hydrogen) atoms. The summed E-state index contributed by atoms with van der Waals surface area (Å²) in [6.07, 6.45) is 4.29. The van der Waals surface area contributed by atoms with Crippen molar-refractivity contribution in [1.29, 1.82) is 0 Å². The van der Waals surface area contributed by atoms with Crippen LogP contribution in [0.3, 0.4) is 0 Å². The molecule has 1 atom stereocenters. The lowest BCUT2D eigenvalue weighted by Gasteiger charge is -2.22. The van der Waals surface area contributed by atoms with Crippen LogP contribution in [0, 0.1) is 0 Å². The molecule has 0 saturated carbocycles. The Morgan fingerprint density at radius 2 is 2.33 bits per heavy atom. The third-order valence-electron chi connectivity index (χ3n) is 3.78. The first-order chi connectivity index (χ1) is 10.3. The fraction of sp³-hybridized carbons (Fsp3) is 0.571. The number of aliphatic hydroxyl groups excluding tert-OH is 1. The van der Waals surface area contributed by atoms with Crippen molar-refractivity contribution in [2.24, 2.45) is 0 Å². The lowest BCUT2D eigenvalue weighted by atomic mass is 10.1. The lowest BCUT2D eigenvalue weighted by molar-refractivity contribution is 0.196. The van der Waals surface area contributed by atoms with E-state index >= 15 is 0 Å². The van der Waals surface area contributed by atoms with E-state index in [-0.39, 0.29) is 6.61 Å². The number of nitrogens with zero attached hydrogens (tertiary/aromatic N) is 3. The Bertz CT molecular complexity index is 586. The Balaban J connectivity index is 1.64. The minimum atomic E-state index is 0.266. The molecule has 1 fully saturated rings. The van der Waals surface area contributed by atoms with Crippen molar-refractivity contribution in [3.63, 3.8) is 0 Å². The molecule has 5 nitrogen and oxygen atoms in total. The van der Waals surface area contributed by atoms with E-state index in [9.17, 15) is 0 Å². The average Bonchev–Trinajstić information content (AvgIpc) is 3.18. The second kappa shape index (κ2) is 7.00. The van der Waals surface area contributed by atoms with Gasteiger partial charge in [0.2, 0.25) is 5.89 Å². The quantitative estimate of drug-likeness (QED) is 0.843. The highest BCUT2D eigenvalue weighted by Gasteiger charge is 2.25. The summed E-state index contributed by atoms with van der Waals surface area (Å²) in [5.74, 6) is 1.26. The molecule has 1 aliphatic heterocycles. The first-order valence-corrected chi connectivity index (χ1v) is 8.80. The molecule has 1 N–H and O–H groups in total. The molecule has 3 rings (SSSR count). The molecule has 1 unspecified atom stereocenters. The molecule has 0 bridgehead atoms. The van der Waals surface area contributed by atoms with Gasteiger partial charge in [0.25, 0.3) is 5.89 Å². The van der Waals surface area contributed by atoms with Gasteiger partial charge in [-0.05, 0) is 60.3 Å². The lowest BCUT2D eigenvalue weighted by Crippen LogP contribution is -2.29. The van der Waals surface area contributed by atoms with Crippen LogP contribution in [0.15, 0.2) is 20.3 Å². The summed E-state index contributed by atoms with van der Waals surface area (Å²) in [7, 11) is 0. The van der Waals surface area contributed by atoms with Gasteiger partial charge < -0.3 is 9.52 Å². The molecule has 0 spiro atoms. The van der Waals surface area contributed by atoms with Gasteiger partial charge in [0, 0.05) is 12.6 Å². The summed E-state index contributed by atoms with van der Waals surface area (Å²) in [5, 5.41) is 17.3. The molecule has 7 heteroatoms. The van der Waals surface area contributed by atoms with Crippen molar-refractivity contribution in [2.75, 3.05) is 13.2 Å².